The Bertz CT molecular complexity index is 802. The molecule has 3 rings (SSSR count). The molecule has 2 heterocycles. The molecule has 0 bridgehead atoms. The van der Waals surface area contributed by atoms with Gasteiger partial charge in [0, 0.05) is 30.6 Å². The molecule has 1 N–H and O–H groups in total. The number of ether oxygens (including phenoxy) is 2. The molecule has 7 heteroatoms. The van der Waals surface area contributed by atoms with Gasteiger partial charge in [-0.05, 0) is 31.0 Å². The molecule has 0 radical (unpaired) electrons. The number of methoxy groups -OCH3 is 2. The van der Waals surface area contributed by atoms with Gasteiger partial charge >= 0.3 is 0 Å². The largest absolute Gasteiger partial charge is 0.481 e. The maximum absolute atomic E-state index is 12.6. The van der Waals surface area contributed by atoms with Crippen LogP contribution in [0.25, 0.3) is 0 Å². The van der Waals surface area contributed by atoms with Crippen LogP contribution in [0.4, 0.5) is 5.69 Å². The summed E-state index contributed by atoms with van der Waals surface area (Å²) in [5.74, 6) is 0.483. The Labute approximate surface area is 158 Å². The second-order valence-electron chi connectivity index (χ2n) is 6.33. The average Bonchev–Trinajstić information content (AvgIpc) is 2.74. The van der Waals surface area contributed by atoms with Crippen LogP contribution in [-0.2, 0) is 4.79 Å². The lowest BCUT2D eigenvalue weighted by atomic mass is 9.95. The van der Waals surface area contributed by atoms with Gasteiger partial charge in [0.05, 0.1) is 14.2 Å². The molecule has 0 spiro atoms. The lowest BCUT2D eigenvalue weighted by Gasteiger charge is -2.31. The maximum Gasteiger partial charge on any atom is 0.253 e. The highest BCUT2D eigenvalue weighted by Crippen LogP contribution is 2.27. The van der Waals surface area contributed by atoms with E-state index in [-0.39, 0.29) is 17.7 Å². The average molecular weight is 369 g/mol. The van der Waals surface area contributed by atoms with Crippen LogP contribution in [0, 0.1) is 5.92 Å². The minimum Gasteiger partial charge on any atom is -0.481 e. The van der Waals surface area contributed by atoms with Gasteiger partial charge in [-0.3, -0.25) is 9.59 Å². The first-order valence-electron chi connectivity index (χ1n) is 8.86. The lowest BCUT2D eigenvalue weighted by molar-refractivity contribution is -0.121. The van der Waals surface area contributed by atoms with Gasteiger partial charge < -0.3 is 19.7 Å². The van der Waals surface area contributed by atoms with E-state index in [0.29, 0.717) is 48.9 Å². The summed E-state index contributed by atoms with van der Waals surface area (Å²) in [5, 5.41) is 2.87. The Kier molecular flexibility index (Phi) is 5.90. The summed E-state index contributed by atoms with van der Waals surface area (Å²) in [4.78, 5) is 31.1. The monoisotopic (exact) mass is 369 g/mol. The minimum atomic E-state index is -0.156. The number of piperidine rings is 1. The zero-order valence-electron chi connectivity index (χ0n) is 15.5. The van der Waals surface area contributed by atoms with E-state index in [9.17, 15) is 9.59 Å². The molecule has 0 atom stereocenters. The predicted molar refractivity (Wildman–Crippen MR) is 101 cm³/mol. The molecule has 7 nitrogen and oxygen atoms in total. The zero-order valence-corrected chi connectivity index (χ0v) is 15.5. The van der Waals surface area contributed by atoms with Crippen molar-refractivity contribution in [1.82, 2.24) is 9.88 Å². The molecule has 1 aliphatic heterocycles. The van der Waals surface area contributed by atoms with Gasteiger partial charge in [0.25, 0.3) is 5.91 Å². The van der Waals surface area contributed by atoms with Crippen LogP contribution in [0.15, 0.2) is 42.5 Å². The van der Waals surface area contributed by atoms with Gasteiger partial charge in [-0.25, -0.2) is 0 Å². The molecule has 1 saturated heterocycles. The van der Waals surface area contributed by atoms with Crippen molar-refractivity contribution < 1.29 is 19.1 Å². The normalized spacial score (nSPS) is 14.5. The van der Waals surface area contributed by atoms with Crippen molar-refractivity contribution in [2.75, 3.05) is 32.6 Å². The third kappa shape index (κ3) is 4.36. The summed E-state index contributed by atoms with van der Waals surface area (Å²) in [6.45, 7) is 1.12. The van der Waals surface area contributed by atoms with Crippen molar-refractivity contribution in [2.24, 2.45) is 5.92 Å². The highest BCUT2D eigenvalue weighted by atomic mass is 16.5. The number of amides is 2. The van der Waals surface area contributed by atoms with Crippen LogP contribution in [0.5, 0.6) is 11.8 Å². The molecule has 0 unspecified atom stereocenters. The first-order chi connectivity index (χ1) is 13.1. The minimum absolute atomic E-state index is 0.00971. The number of carbonyl (C=O) groups is 2. The standard InChI is InChI=1S/C20H23N3O4/c1-26-17-9-8-16(19(22-17)27-2)21-18(24)14-10-12-23(13-11-14)20(25)15-6-4-3-5-7-15/h3-9,14H,10-13H2,1-2H3,(H,21,24). The molecule has 1 aromatic heterocycles. The molecule has 2 aromatic rings. The summed E-state index contributed by atoms with van der Waals surface area (Å²) in [6.07, 6.45) is 1.24. The van der Waals surface area contributed by atoms with Crippen molar-refractivity contribution in [3.05, 3.63) is 48.0 Å². The van der Waals surface area contributed by atoms with E-state index in [1.54, 1.807) is 17.0 Å². The van der Waals surface area contributed by atoms with Gasteiger partial charge in [0.1, 0.15) is 5.69 Å². The Morgan fingerprint density at radius 1 is 1.04 bits per heavy atom. The van der Waals surface area contributed by atoms with Crippen LogP contribution in [-0.4, -0.2) is 49.0 Å². The van der Waals surface area contributed by atoms with Gasteiger partial charge in [-0.1, -0.05) is 18.2 Å². The van der Waals surface area contributed by atoms with E-state index in [0.717, 1.165) is 0 Å². The fourth-order valence-electron chi connectivity index (χ4n) is 3.13. The van der Waals surface area contributed by atoms with E-state index in [4.69, 9.17) is 9.47 Å². The Balaban J connectivity index is 1.58. The third-order valence-corrected chi connectivity index (χ3v) is 4.67. The predicted octanol–water partition coefficient (Wildman–Crippen LogP) is 2.59. The molecule has 0 aliphatic carbocycles. The smallest absolute Gasteiger partial charge is 0.253 e. The number of nitrogens with zero attached hydrogens (tertiary/aromatic N) is 2. The lowest BCUT2D eigenvalue weighted by Crippen LogP contribution is -2.41. The number of benzene rings is 1. The van der Waals surface area contributed by atoms with Gasteiger partial charge in [0.2, 0.25) is 17.7 Å². The first-order valence-corrected chi connectivity index (χ1v) is 8.86. The maximum atomic E-state index is 12.6. The number of carbonyl (C=O) groups excluding carboxylic acids is 2. The molecule has 1 aromatic carbocycles. The van der Waals surface area contributed by atoms with Crippen LogP contribution in [0.3, 0.4) is 0 Å². The van der Waals surface area contributed by atoms with E-state index < -0.39 is 0 Å². The second kappa shape index (κ2) is 8.53. The molecule has 27 heavy (non-hydrogen) atoms. The summed E-state index contributed by atoms with van der Waals surface area (Å²) < 4.78 is 10.3. The van der Waals surface area contributed by atoms with E-state index >= 15 is 0 Å². The Morgan fingerprint density at radius 2 is 1.74 bits per heavy atom. The van der Waals surface area contributed by atoms with E-state index in [1.807, 2.05) is 30.3 Å². The first kappa shape index (κ1) is 18.7. The highest BCUT2D eigenvalue weighted by Gasteiger charge is 2.28. The van der Waals surface area contributed by atoms with Crippen molar-refractivity contribution in [2.45, 2.75) is 12.8 Å². The van der Waals surface area contributed by atoms with E-state index in [1.165, 1.54) is 14.2 Å². The number of likely N-dealkylation sites (tertiary alicyclic amines) is 1. The summed E-state index contributed by atoms with van der Waals surface area (Å²) >= 11 is 0. The zero-order chi connectivity index (χ0) is 19.2. The number of nitrogens with one attached hydrogen (secondary N) is 1. The summed E-state index contributed by atoms with van der Waals surface area (Å²) in [5.41, 5.74) is 1.18. The topological polar surface area (TPSA) is 80.8 Å². The van der Waals surface area contributed by atoms with Crippen molar-refractivity contribution in [1.29, 1.82) is 0 Å². The number of rotatable bonds is 5. The molecular weight excluding hydrogens is 346 g/mol. The number of hydrogen-bond donors (Lipinski definition) is 1. The number of aromatic nitrogens is 1. The quantitative estimate of drug-likeness (QED) is 0.876. The van der Waals surface area contributed by atoms with Gasteiger partial charge in [-0.2, -0.15) is 4.98 Å². The number of hydrogen-bond acceptors (Lipinski definition) is 5. The Hall–Kier alpha value is -3.09. The Morgan fingerprint density at radius 3 is 2.37 bits per heavy atom. The van der Waals surface area contributed by atoms with Crippen LogP contribution in [0.1, 0.15) is 23.2 Å². The van der Waals surface area contributed by atoms with Crippen LogP contribution >= 0.6 is 0 Å². The van der Waals surface area contributed by atoms with Crippen LogP contribution in [0.2, 0.25) is 0 Å². The number of anilines is 1. The van der Waals surface area contributed by atoms with Gasteiger partial charge in [0.15, 0.2) is 0 Å². The summed E-state index contributed by atoms with van der Waals surface area (Å²) in [7, 11) is 3.01. The van der Waals surface area contributed by atoms with Crippen molar-refractivity contribution in [3.8, 4) is 11.8 Å². The van der Waals surface area contributed by atoms with Crippen LogP contribution < -0.4 is 14.8 Å². The van der Waals surface area contributed by atoms with E-state index in [2.05, 4.69) is 10.3 Å². The number of pyridine rings is 1. The highest BCUT2D eigenvalue weighted by molar-refractivity contribution is 5.95. The SMILES string of the molecule is COc1ccc(NC(=O)C2CCN(C(=O)c3ccccc3)CC2)c(OC)n1. The van der Waals surface area contributed by atoms with Crippen molar-refractivity contribution >= 4 is 17.5 Å². The molecule has 142 valence electrons. The second-order valence-corrected chi connectivity index (χ2v) is 6.33. The molecule has 1 fully saturated rings. The molecule has 2 amide bonds. The molecule has 1 aliphatic rings. The molecular formula is C20H23N3O4. The summed E-state index contributed by atoms with van der Waals surface area (Å²) in [6, 6.07) is 12.6. The third-order valence-electron chi connectivity index (χ3n) is 4.67. The van der Waals surface area contributed by atoms with Gasteiger partial charge in [-0.15, -0.1) is 0 Å². The molecule has 0 saturated carbocycles. The van der Waals surface area contributed by atoms with Crippen molar-refractivity contribution in [3.63, 3.8) is 0 Å². The fraction of sp³-hybridized carbons (Fsp3) is 0.350. The fourth-order valence-corrected chi connectivity index (χ4v) is 3.13.